The number of hydrogen-bond donors (Lipinski definition) is 1. The van der Waals surface area contributed by atoms with Gasteiger partial charge in [-0.2, -0.15) is 5.26 Å². The molecule has 1 aromatic rings. The lowest BCUT2D eigenvalue weighted by Crippen LogP contribution is -2.01. The number of rotatable bonds is 1. The molecule has 1 N–H and O–H groups in total. The number of carboxylic acids is 1. The fourth-order valence-electron chi connectivity index (χ4n) is 1.02. The largest absolute Gasteiger partial charge is 0.478 e. The number of aromatic carboxylic acids is 1. The lowest BCUT2D eigenvalue weighted by molar-refractivity contribution is 0.0696. The first-order valence-corrected chi connectivity index (χ1v) is 4.29. The fourth-order valence-corrected chi connectivity index (χ4v) is 1.69. The Morgan fingerprint density at radius 3 is 2.69 bits per heavy atom. The molecule has 0 amide bonds. The van der Waals surface area contributed by atoms with Crippen molar-refractivity contribution in [3.63, 3.8) is 0 Å². The molecule has 0 bridgehead atoms. The van der Waals surface area contributed by atoms with Crippen LogP contribution in [0, 0.1) is 18.3 Å². The summed E-state index contributed by atoms with van der Waals surface area (Å²) in [6, 6.07) is 5.04. The topological polar surface area (TPSA) is 61.1 Å². The van der Waals surface area contributed by atoms with Gasteiger partial charge >= 0.3 is 5.97 Å². The van der Waals surface area contributed by atoms with Crippen LogP contribution < -0.4 is 0 Å². The number of hydrogen-bond acceptors (Lipinski definition) is 2. The molecular weight excluding hydrogens is 234 g/mol. The number of aryl methyl sites for hydroxylation is 1. The molecule has 0 aliphatic rings. The predicted molar refractivity (Wildman–Crippen MR) is 50.6 cm³/mol. The van der Waals surface area contributed by atoms with E-state index in [9.17, 15) is 4.79 Å². The van der Waals surface area contributed by atoms with Crippen LogP contribution in [0.15, 0.2) is 16.6 Å². The number of nitrogens with zero attached hydrogens (tertiary/aromatic N) is 1. The van der Waals surface area contributed by atoms with Gasteiger partial charge in [0.05, 0.1) is 11.1 Å². The first-order valence-electron chi connectivity index (χ1n) is 3.50. The quantitative estimate of drug-likeness (QED) is 0.819. The molecule has 0 unspecified atom stereocenters. The van der Waals surface area contributed by atoms with Crippen LogP contribution in [0.25, 0.3) is 0 Å². The summed E-state index contributed by atoms with van der Waals surface area (Å²) >= 11 is 3.14. The number of benzene rings is 1. The molecule has 0 fully saturated rings. The Bertz CT molecular complexity index is 407. The average Bonchev–Trinajstić information content (AvgIpc) is 2.02. The Morgan fingerprint density at radius 1 is 1.62 bits per heavy atom. The van der Waals surface area contributed by atoms with Crippen LogP contribution in [0.1, 0.15) is 21.5 Å². The summed E-state index contributed by atoms with van der Waals surface area (Å²) in [5.74, 6) is -1.08. The van der Waals surface area contributed by atoms with Crippen molar-refractivity contribution in [3.8, 4) is 6.07 Å². The maximum absolute atomic E-state index is 10.7. The SMILES string of the molecule is Cc1cc(Br)c(C#N)c(C(=O)O)c1. The van der Waals surface area contributed by atoms with Gasteiger partial charge in [0.15, 0.2) is 0 Å². The lowest BCUT2D eigenvalue weighted by Gasteiger charge is -2.02. The van der Waals surface area contributed by atoms with Gasteiger partial charge in [-0.05, 0) is 40.5 Å². The summed E-state index contributed by atoms with van der Waals surface area (Å²) in [7, 11) is 0. The molecule has 13 heavy (non-hydrogen) atoms. The van der Waals surface area contributed by atoms with Crippen LogP contribution in [0.4, 0.5) is 0 Å². The highest BCUT2D eigenvalue weighted by Gasteiger charge is 2.13. The second-order valence-electron chi connectivity index (χ2n) is 2.59. The van der Waals surface area contributed by atoms with Crippen LogP contribution in [0.2, 0.25) is 0 Å². The van der Waals surface area contributed by atoms with Crippen molar-refractivity contribution in [1.29, 1.82) is 5.26 Å². The molecule has 0 aliphatic carbocycles. The predicted octanol–water partition coefficient (Wildman–Crippen LogP) is 2.33. The fraction of sp³-hybridized carbons (Fsp3) is 0.111. The normalized spacial score (nSPS) is 9.31. The molecule has 0 radical (unpaired) electrons. The highest BCUT2D eigenvalue weighted by molar-refractivity contribution is 9.10. The highest BCUT2D eigenvalue weighted by atomic mass is 79.9. The van der Waals surface area contributed by atoms with Gasteiger partial charge in [-0.1, -0.05) is 0 Å². The van der Waals surface area contributed by atoms with E-state index < -0.39 is 5.97 Å². The molecule has 0 aromatic heterocycles. The molecule has 0 heterocycles. The maximum Gasteiger partial charge on any atom is 0.337 e. The van der Waals surface area contributed by atoms with Crippen LogP contribution in [-0.4, -0.2) is 11.1 Å². The van der Waals surface area contributed by atoms with Crippen molar-refractivity contribution in [3.05, 3.63) is 33.3 Å². The average molecular weight is 240 g/mol. The first kappa shape index (κ1) is 9.75. The Labute approximate surface area is 83.7 Å². The van der Waals surface area contributed by atoms with Crippen molar-refractivity contribution in [2.75, 3.05) is 0 Å². The van der Waals surface area contributed by atoms with E-state index in [0.717, 1.165) is 5.56 Å². The molecule has 0 saturated heterocycles. The molecule has 66 valence electrons. The standard InChI is InChI=1S/C9H6BrNO2/c1-5-2-6(9(12)13)7(4-11)8(10)3-5/h2-3H,1H3,(H,12,13). The molecule has 4 heteroatoms. The van der Waals surface area contributed by atoms with Gasteiger partial charge in [0, 0.05) is 4.47 Å². The Hall–Kier alpha value is -1.34. The third kappa shape index (κ3) is 1.87. The lowest BCUT2D eigenvalue weighted by atomic mass is 10.1. The summed E-state index contributed by atoms with van der Waals surface area (Å²) in [5.41, 5.74) is 1.01. The molecule has 0 spiro atoms. The Kier molecular flexibility index (Phi) is 2.69. The smallest absolute Gasteiger partial charge is 0.337 e. The zero-order valence-electron chi connectivity index (χ0n) is 6.84. The molecule has 3 nitrogen and oxygen atoms in total. The van der Waals surface area contributed by atoms with E-state index in [1.807, 2.05) is 6.07 Å². The van der Waals surface area contributed by atoms with E-state index in [1.165, 1.54) is 6.07 Å². The minimum atomic E-state index is -1.08. The van der Waals surface area contributed by atoms with E-state index in [1.54, 1.807) is 13.0 Å². The summed E-state index contributed by atoms with van der Waals surface area (Å²) < 4.78 is 0.521. The molecule has 0 aliphatic heterocycles. The zero-order valence-corrected chi connectivity index (χ0v) is 8.42. The third-order valence-electron chi connectivity index (χ3n) is 1.58. The van der Waals surface area contributed by atoms with Gasteiger partial charge in [-0.25, -0.2) is 4.79 Å². The van der Waals surface area contributed by atoms with Crippen molar-refractivity contribution < 1.29 is 9.90 Å². The summed E-state index contributed by atoms with van der Waals surface area (Å²) in [5, 5.41) is 17.5. The minimum absolute atomic E-state index is 0.0365. The number of carbonyl (C=O) groups is 1. The van der Waals surface area contributed by atoms with E-state index in [0.29, 0.717) is 4.47 Å². The maximum atomic E-state index is 10.7. The van der Waals surface area contributed by atoms with Crippen LogP contribution in [-0.2, 0) is 0 Å². The molecule has 1 rings (SSSR count). The molecule has 1 aromatic carbocycles. The number of carboxylic acid groups (broad SMARTS) is 1. The van der Waals surface area contributed by atoms with Crippen LogP contribution in [0.3, 0.4) is 0 Å². The number of halogens is 1. The van der Waals surface area contributed by atoms with Crippen molar-refractivity contribution in [1.82, 2.24) is 0 Å². The van der Waals surface area contributed by atoms with Gasteiger partial charge in [0.1, 0.15) is 6.07 Å². The van der Waals surface area contributed by atoms with E-state index in [4.69, 9.17) is 10.4 Å². The summed E-state index contributed by atoms with van der Waals surface area (Å²) in [6.45, 7) is 1.78. The Balaban J connectivity index is 3.50. The van der Waals surface area contributed by atoms with E-state index in [-0.39, 0.29) is 11.1 Å². The molecule has 0 atom stereocenters. The second kappa shape index (κ2) is 3.58. The van der Waals surface area contributed by atoms with Gasteiger partial charge in [0.25, 0.3) is 0 Å². The number of nitriles is 1. The van der Waals surface area contributed by atoms with Crippen molar-refractivity contribution in [2.24, 2.45) is 0 Å². The molecular formula is C9H6BrNO2. The van der Waals surface area contributed by atoms with E-state index in [2.05, 4.69) is 15.9 Å². The van der Waals surface area contributed by atoms with Crippen LogP contribution in [0.5, 0.6) is 0 Å². The van der Waals surface area contributed by atoms with Crippen LogP contribution >= 0.6 is 15.9 Å². The Morgan fingerprint density at radius 2 is 2.23 bits per heavy atom. The zero-order chi connectivity index (χ0) is 10.0. The summed E-state index contributed by atoms with van der Waals surface area (Å²) in [6.07, 6.45) is 0. The highest BCUT2D eigenvalue weighted by Crippen LogP contribution is 2.22. The third-order valence-corrected chi connectivity index (χ3v) is 2.20. The molecule has 0 saturated carbocycles. The second-order valence-corrected chi connectivity index (χ2v) is 3.44. The van der Waals surface area contributed by atoms with Gasteiger partial charge < -0.3 is 5.11 Å². The monoisotopic (exact) mass is 239 g/mol. The minimum Gasteiger partial charge on any atom is -0.478 e. The van der Waals surface area contributed by atoms with Gasteiger partial charge in [-0.3, -0.25) is 0 Å². The van der Waals surface area contributed by atoms with Crippen molar-refractivity contribution >= 4 is 21.9 Å². The first-order chi connectivity index (χ1) is 6.06. The van der Waals surface area contributed by atoms with E-state index >= 15 is 0 Å². The van der Waals surface area contributed by atoms with Gasteiger partial charge in [-0.15, -0.1) is 0 Å². The van der Waals surface area contributed by atoms with Gasteiger partial charge in [0.2, 0.25) is 0 Å². The summed E-state index contributed by atoms with van der Waals surface area (Å²) in [4.78, 5) is 10.7. The van der Waals surface area contributed by atoms with Crippen molar-refractivity contribution in [2.45, 2.75) is 6.92 Å².